The van der Waals surface area contributed by atoms with Crippen LogP contribution in [0.25, 0.3) is 0 Å². The zero-order chi connectivity index (χ0) is 13.0. The molecule has 2 nitrogen and oxygen atoms in total. The molecule has 100 valence electrons. The van der Waals surface area contributed by atoms with Gasteiger partial charge in [0.15, 0.2) is 0 Å². The average Bonchev–Trinajstić information content (AvgIpc) is 2.40. The van der Waals surface area contributed by atoms with Crippen molar-refractivity contribution in [3.8, 4) is 0 Å². The van der Waals surface area contributed by atoms with Crippen LogP contribution < -0.4 is 5.32 Å². The van der Waals surface area contributed by atoms with Gasteiger partial charge in [-0.2, -0.15) is 0 Å². The molecular weight excluding hydrogens is 227 g/mol. The zero-order valence-corrected chi connectivity index (χ0v) is 11.3. The molecule has 1 aliphatic heterocycles. The van der Waals surface area contributed by atoms with E-state index in [0.29, 0.717) is 12.0 Å². The minimum absolute atomic E-state index is 0.155. The van der Waals surface area contributed by atoms with Crippen molar-refractivity contribution in [2.24, 2.45) is 0 Å². The average molecular weight is 250 g/mol. The molecule has 1 aromatic carbocycles. The van der Waals surface area contributed by atoms with Crippen LogP contribution in [0, 0.1) is 5.82 Å². The highest BCUT2D eigenvalue weighted by molar-refractivity contribution is 5.20. The fourth-order valence-corrected chi connectivity index (χ4v) is 2.73. The van der Waals surface area contributed by atoms with Gasteiger partial charge in [0, 0.05) is 12.6 Å². The number of hydrogen-bond donors (Lipinski definition) is 1. The molecule has 0 amide bonds. The minimum Gasteiger partial charge on any atom is -0.317 e. The molecule has 1 heterocycles. The first-order valence-electron chi connectivity index (χ1n) is 6.83. The van der Waals surface area contributed by atoms with Gasteiger partial charge in [-0.15, -0.1) is 0 Å². The molecule has 0 saturated carbocycles. The monoisotopic (exact) mass is 250 g/mol. The lowest BCUT2D eigenvalue weighted by Crippen LogP contribution is -2.42. The van der Waals surface area contributed by atoms with Crippen LogP contribution in [-0.4, -0.2) is 37.6 Å². The number of nitrogens with one attached hydrogen (secondary N) is 1. The Morgan fingerprint density at radius 3 is 2.50 bits per heavy atom. The lowest BCUT2D eigenvalue weighted by Gasteiger charge is -2.33. The van der Waals surface area contributed by atoms with Gasteiger partial charge < -0.3 is 10.2 Å². The first kappa shape index (κ1) is 13.5. The molecular formula is C15H23FN2. The van der Waals surface area contributed by atoms with Gasteiger partial charge in [-0.25, -0.2) is 4.39 Å². The number of halogens is 1. The largest absolute Gasteiger partial charge is 0.317 e. The number of piperidine rings is 1. The molecule has 1 saturated heterocycles. The Balaban J connectivity index is 1.89. The lowest BCUT2D eigenvalue weighted by molar-refractivity contribution is 0.191. The first-order valence-corrected chi connectivity index (χ1v) is 6.83. The van der Waals surface area contributed by atoms with Crippen LogP contribution in [0.5, 0.6) is 0 Å². The molecule has 0 aliphatic carbocycles. The van der Waals surface area contributed by atoms with Gasteiger partial charge in [0.1, 0.15) is 5.82 Å². The smallest absolute Gasteiger partial charge is 0.123 e. The molecule has 1 atom stereocenters. The standard InChI is InChI=1S/C15H23FN2/c1-12(13-3-5-14(16)6-4-13)11-18(2)15-7-9-17-10-8-15/h3-6,12,15,17H,7-11H2,1-2H3. The fourth-order valence-electron chi connectivity index (χ4n) is 2.73. The minimum atomic E-state index is -0.155. The summed E-state index contributed by atoms with van der Waals surface area (Å²) in [6, 6.07) is 7.59. The summed E-state index contributed by atoms with van der Waals surface area (Å²) >= 11 is 0. The van der Waals surface area contributed by atoms with Crippen LogP contribution in [-0.2, 0) is 0 Å². The van der Waals surface area contributed by atoms with Gasteiger partial charge in [0.25, 0.3) is 0 Å². The van der Waals surface area contributed by atoms with Crippen LogP contribution in [0.3, 0.4) is 0 Å². The molecule has 3 heteroatoms. The van der Waals surface area contributed by atoms with Gasteiger partial charge in [0.2, 0.25) is 0 Å². The van der Waals surface area contributed by atoms with Gasteiger partial charge >= 0.3 is 0 Å². The van der Waals surface area contributed by atoms with E-state index in [-0.39, 0.29) is 5.82 Å². The second-order valence-corrected chi connectivity index (χ2v) is 5.37. The lowest BCUT2D eigenvalue weighted by atomic mass is 9.98. The van der Waals surface area contributed by atoms with E-state index < -0.39 is 0 Å². The number of rotatable bonds is 4. The summed E-state index contributed by atoms with van der Waals surface area (Å²) in [5.74, 6) is 0.295. The van der Waals surface area contributed by atoms with Crippen molar-refractivity contribution in [1.29, 1.82) is 0 Å². The SMILES string of the molecule is CC(CN(C)C1CCNCC1)c1ccc(F)cc1. The first-order chi connectivity index (χ1) is 8.66. The summed E-state index contributed by atoms with van der Waals surface area (Å²) < 4.78 is 12.9. The van der Waals surface area contributed by atoms with Crippen LogP contribution in [0.4, 0.5) is 4.39 Å². The molecule has 1 unspecified atom stereocenters. The summed E-state index contributed by atoms with van der Waals surface area (Å²) in [5.41, 5.74) is 1.22. The molecule has 1 N–H and O–H groups in total. The maximum absolute atomic E-state index is 12.9. The topological polar surface area (TPSA) is 15.3 Å². The summed E-state index contributed by atoms with van der Waals surface area (Å²) in [7, 11) is 2.20. The molecule has 0 aromatic heterocycles. The number of nitrogens with zero attached hydrogens (tertiary/aromatic N) is 1. The normalized spacial score (nSPS) is 19.1. The Labute approximate surface area is 109 Å². The zero-order valence-electron chi connectivity index (χ0n) is 11.3. The fraction of sp³-hybridized carbons (Fsp3) is 0.600. The summed E-state index contributed by atoms with van der Waals surface area (Å²) in [6.07, 6.45) is 2.46. The Hall–Kier alpha value is -0.930. The highest BCUT2D eigenvalue weighted by atomic mass is 19.1. The van der Waals surface area contributed by atoms with Crippen molar-refractivity contribution in [2.45, 2.75) is 31.7 Å². The predicted molar refractivity (Wildman–Crippen MR) is 73.3 cm³/mol. The maximum atomic E-state index is 12.9. The molecule has 1 aromatic rings. The van der Waals surface area contributed by atoms with Gasteiger partial charge in [-0.3, -0.25) is 0 Å². The van der Waals surface area contributed by atoms with Crippen LogP contribution in [0.1, 0.15) is 31.2 Å². The quantitative estimate of drug-likeness (QED) is 0.883. The Morgan fingerprint density at radius 1 is 1.28 bits per heavy atom. The highest BCUT2D eigenvalue weighted by Gasteiger charge is 2.19. The van der Waals surface area contributed by atoms with Gasteiger partial charge in [-0.05, 0) is 56.6 Å². The molecule has 18 heavy (non-hydrogen) atoms. The third-order valence-electron chi connectivity index (χ3n) is 3.93. The second-order valence-electron chi connectivity index (χ2n) is 5.37. The van der Waals surface area contributed by atoms with Crippen molar-refractivity contribution >= 4 is 0 Å². The van der Waals surface area contributed by atoms with E-state index in [0.717, 1.165) is 19.6 Å². The maximum Gasteiger partial charge on any atom is 0.123 e. The molecule has 0 spiro atoms. The molecule has 1 aliphatic rings. The highest BCUT2D eigenvalue weighted by Crippen LogP contribution is 2.19. The van der Waals surface area contributed by atoms with E-state index >= 15 is 0 Å². The summed E-state index contributed by atoms with van der Waals surface area (Å²) in [4.78, 5) is 2.45. The molecule has 0 radical (unpaired) electrons. The Kier molecular flexibility index (Phi) is 4.72. The number of likely N-dealkylation sites (N-methyl/N-ethyl adjacent to an activating group) is 1. The summed E-state index contributed by atoms with van der Waals surface area (Å²) in [6.45, 7) is 5.50. The Bertz CT molecular complexity index is 357. The van der Waals surface area contributed by atoms with Gasteiger partial charge in [0.05, 0.1) is 0 Å². The van der Waals surface area contributed by atoms with Crippen molar-refractivity contribution in [3.05, 3.63) is 35.6 Å². The van der Waals surface area contributed by atoms with Crippen LogP contribution in [0.2, 0.25) is 0 Å². The molecule has 2 rings (SSSR count). The van der Waals surface area contributed by atoms with E-state index in [1.54, 1.807) is 12.1 Å². The van der Waals surface area contributed by atoms with Gasteiger partial charge in [-0.1, -0.05) is 19.1 Å². The van der Waals surface area contributed by atoms with Crippen LogP contribution in [0.15, 0.2) is 24.3 Å². The van der Waals surface area contributed by atoms with E-state index in [9.17, 15) is 4.39 Å². The Morgan fingerprint density at radius 2 is 1.89 bits per heavy atom. The van der Waals surface area contributed by atoms with Crippen molar-refractivity contribution in [3.63, 3.8) is 0 Å². The third kappa shape index (κ3) is 3.53. The van der Waals surface area contributed by atoms with Crippen LogP contribution >= 0.6 is 0 Å². The predicted octanol–water partition coefficient (Wildman–Crippen LogP) is 2.61. The van der Waals surface area contributed by atoms with E-state index in [1.807, 2.05) is 12.1 Å². The van der Waals surface area contributed by atoms with E-state index in [4.69, 9.17) is 0 Å². The van der Waals surface area contributed by atoms with Crippen molar-refractivity contribution < 1.29 is 4.39 Å². The molecule has 1 fully saturated rings. The molecule has 0 bridgehead atoms. The summed E-state index contributed by atoms with van der Waals surface area (Å²) in [5, 5.41) is 3.39. The number of benzene rings is 1. The third-order valence-corrected chi connectivity index (χ3v) is 3.93. The number of hydrogen-bond acceptors (Lipinski definition) is 2. The van der Waals surface area contributed by atoms with Crippen molar-refractivity contribution in [2.75, 3.05) is 26.7 Å². The van der Waals surface area contributed by atoms with E-state index in [2.05, 4.69) is 24.2 Å². The second kappa shape index (κ2) is 6.30. The van der Waals surface area contributed by atoms with Crippen molar-refractivity contribution in [1.82, 2.24) is 10.2 Å². The van der Waals surface area contributed by atoms with E-state index in [1.165, 1.54) is 18.4 Å².